The second-order valence-corrected chi connectivity index (χ2v) is 28.5. The Kier molecular flexibility index (Phi) is 14.0. The van der Waals surface area contributed by atoms with Gasteiger partial charge in [-0.1, -0.05) is 0 Å². The molecule has 0 spiro atoms. The van der Waals surface area contributed by atoms with Crippen molar-refractivity contribution < 1.29 is 17.1 Å². The standard InChI is InChI=1S/5C6H14N.Ta/c5*1-5(2)7-6(3)4;/h5*5-6H,1-4H3;/q5*-1;+5. The van der Waals surface area contributed by atoms with Gasteiger partial charge in [0.25, 0.3) is 0 Å². The number of hydrogen-bond donors (Lipinski definition) is 0. The Labute approximate surface area is 231 Å². The van der Waals surface area contributed by atoms with Gasteiger partial charge in [0.15, 0.2) is 0 Å². The third-order valence-electron chi connectivity index (χ3n) is 7.36. The van der Waals surface area contributed by atoms with Crippen LogP contribution in [0.15, 0.2) is 0 Å². The molecule has 220 valence electrons. The van der Waals surface area contributed by atoms with Crippen LogP contribution in [0.3, 0.4) is 0 Å². The molecular weight excluding hydrogens is 611 g/mol. The summed E-state index contributed by atoms with van der Waals surface area (Å²) in [7, 11) is 0. The van der Waals surface area contributed by atoms with Crippen molar-refractivity contribution in [2.75, 3.05) is 0 Å². The van der Waals surface area contributed by atoms with Gasteiger partial charge in [-0.25, -0.2) is 0 Å². The fourth-order valence-electron chi connectivity index (χ4n) is 8.31. The first-order valence-corrected chi connectivity index (χ1v) is 22.3. The van der Waals surface area contributed by atoms with Gasteiger partial charge < -0.3 is 0 Å². The van der Waals surface area contributed by atoms with Crippen molar-refractivity contribution in [3.63, 3.8) is 0 Å². The first-order valence-electron chi connectivity index (χ1n) is 15.1. The third kappa shape index (κ3) is 5.99. The molecule has 0 atom stereocenters. The van der Waals surface area contributed by atoms with E-state index in [1.54, 1.807) is 0 Å². The van der Waals surface area contributed by atoms with Crippen LogP contribution < -0.4 is 0 Å². The Morgan fingerprint density at radius 3 is 0.361 bits per heavy atom. The van der Waals surface area contributed by atoms with Crippen LogP contribution in [0.5, 0.6) is 0 Å². The molecular formula is C30H70N5Ta. The molecule has 0 fully saturated rings. The van der Waals surface area contributed by atoms with Gasteiger partial charge in [0.05, 0.1) is 0 Å². The summed E-state index contributed by atoms with van der Waals surface area (Å²) in [6, 6.07) is 4.01. The first kappa shape index (κ1) is 36.5. The number of hydrogen-bond acceptors (Lipinski definition) is 5. The molecule has 36 heavy (non-hydrogen) atoms. The summed E-state index contributed by atoms with van der Waals surface area (Å²) < 4.78 is 15.4. The summed E-state index contributed by atoms with van der Waals surface area (Å²) in [4.78, 5) is 0. The SMILES string of the molecule is CC(C)[N](C(C)C)[Ta]([N](C(C)C)C(C)C)([N](C(C)C)C(C)C)([N](C(C)C)C(C)C)[N](C(C)C)C(C)C. The van der Waals surface area contributed by atoms with E-state index < -0.39 is 17.1 Å². The van der Waals surface area contributed by atoms with Gasteiger partial charge in [0, 0.05) is 0 Å². The summed E-state index contributed by atoms with van der Waals surface area (Å²) in [5.41, 5.74) is 0. The van der Waals surface area contributed by atoms with Crippen LogP contribution in [0, 0.1) is 0 Å². The third-order valence-corrected chi connectivity index (χ3v) is 38.8. The van der Waals surface area contributed by atoms with Crippen molar-refractivity contribution in [1.82, 2.24) is 16.5 Å². The maximum absolute atomic E-state index is 5.05. The van der Waals surface area contributed by atoms with Gasteiger partial charge in [-0.15, -0.1) is 0 Å². The molecule has 0 aliphatic carbocycles. The Hall–Kier alpha value is 0.540. The second-order valence-electron chi connectivity index (χ2n) is 13.7. The Morgan fingerprint density at radius 2 is 0.306 bits per heavy atom. The molecule has 0 radical (unpaired) electrons. The van der Waals surface area contributed by atoms with Crippen molar-refractivity contribution in [1.29, 1.82) is 0 Å². The maximum atomic E-state index is 3.09. The minimum atomic E-state index is -5.05. The molecule has 0 aromatic rings. The summed E-state index contributed by atoms with van der Waals surface area (Å²) >= 11 is -5.05. The van der Waals surface area contributed by atoms with Gasteiger partial charge in [0.2, 0.25) is 0 Å². The van der Waals surface area contributed by atoms with Crippen LogP contribution in [0.1, 0.15) is 138 Å². The molecule has 5 nitrogen and oxygen atoms in total. The molecule has 0 amide bonds. The van der Waals surface area contributed by atoms with Crippen LogP contribution in [0.4, 0.5) is 0 Å². The van der Waals surface area contributed by atoms with Crippen molar-refractivity contribution in [2.24, 2.45) is 0 Å². The Bertz CT molecular complexity index is 466. The molecule has 0 aromatic carbocycles. The van der Waals surface area contributed by atoms with Gasteiger partial charge in [-0.3, -0.25) is 0 Å². The molecule has 0 heterocycles. The quantitative estimate of drug-likeness (QED) is 0.175. The normalized spacial score (nSPS) is 15.7. The van der Waals surface area contributed by atoms with Gasteiger partial charge in [-0.05, 0) is 0 Å². The molecule has 0 unspecified atom stereocenters. The molecule has 0 bridgehead atoms. The monoisotopic (exact) mass is 682 g/mol. The van der Waals surface area contributed by atoms with E-state index in [1.807, 2.05) is 0 Å². The van der Waals surface area contributed by atoms with Crippen LogP contribution >= 0.6 is 0 Å². The van der Waals surface area contributed by atoms with Crippen molar-refractivity contribution in [3.8, 4) is 0 Å². The zero-order chi connectivity index (χ0) is 29.1. The van der Waals surface area contributed by atoms with E-state index in [-0.39, 0.29) is 0 Å². The minimum absolute atomic E-state index is 0.401. The Balaban J connectivity index is 9.30. The van der Waals surface area contributed by atoms with Crippen LogP contribution in [-0.2, 0) is 17.1 Å². The van der Waals surface area contributed by atoms with Gasteiger partial charge >= 0.3 is 233 Å². The van der Waals surface area contributed by atoms with E-state index in [0.29, 0.717) is 60.4 Å². The number of rotatable bonds is 15. The van der Waals surface area contributed by atoms with Crippen LogP contribution in [-0.4, -0.2) is 76.9 Å². The molecule has 0 saturated carbocycles. The summed E-state index contributed by atoms with van der Waals surface area (Å²) in [5.74, 6) is 0. The molecule has 6 heteroatoms. The molecule has 0 aromatic heterocycles. The van der Waals surface area contributed by atoms with Gasteiger partial charge in [-0.2, -0.15) is 0 Å². The molecule has 0 N–H and O–H groups in total. The summed E-state index contributed by atoms with van der Waals surface area (Å²) in [6.07, 6.45) is 0. The Morgan fingerprint density at radius 1 is 0.222 bits per heavy atom. The van der Waals surface area contributed by atoms with E-state index in [4.69, 9.17) is 0 Å². The van der Waals surface area contributed by atoms with Crippen molar-refractivity contribution in [3.05, 3.63) is 0 Å². The first-order chi connectivity index (χ1) is 16.2. The second kappa shape index (κ2) is 13.7. The van der Waals surface area contributed by atoms with Crippen molar-refractivity contribution >= 4 is 0 Å². The topological polar surface area (TPSA) is 16.2 Å². The van der Waals surface area contributed by atoms with E-state index >= 15 is 0 Å². The average Bonchev–Trinajstić information content (AvgIpc) is 2.57. The molecule has 0 saturated heterocycles. The molecule has 0 rings (SSSR count). The van der Waals surface area contributed by atoms with Crippen molar-refractivity contribution in [2.45, 2.75) is 199 Å². The van der Waals surface area contributed by atoms with E-state index in [2.05, 4.69) is 155 Å². The predicted octanol–water partition coefficient (Wildman–Crippen LogP) is 7.85. The summed E-state index contributed by atoms with van der Waals surface area (Å²) in [5, 5.41) is 0. The van der Waals surface area contributed by atoms with E-state index in [1.165, 1.54) is 0 Å². The molecule has 0 aliphatic heterocycles. The molecule has 0 aliphatic rings. The predicted molar refractivity (Wildman–Crippen MR) is 161 cm³/mol. The van der Waals surface area contributed by atoms with E-state index in [0.717, 1.165) is 0 Å². The zero-order valence-corrected chi connectivity index (χ0v) is 31.7. The summed E-state index contributed by atoms with van der Waals surface area (Å²) in [6.45, 7) is 49.2. The fraction of sp³-hybridized carbons (Fsp3) is 1.00. The average molecular weight is 682 g/mol. The number of nitrogens with zero attached hydrogens (tertiary/aromatic N) is 5. The zero-order valence-electron chi connectivity index (χ0n) is 28.5. The van der Waals surface area contributed by atoms with E-state index in [9.17, 15) is 0 Å². The van der Waals surface area contributed by atoms with Gasteiger partial charge in [0.1, 0.15) is 0 Å². The fourth-order valence-corrected chi connectivity index (χ4v) is 46.6. The van der Waals surface area contributed by atoms with Crippen LogP contribution in [0.25, 0.3) is 0 Å². The van der Waals surface area contributed by atoms with Crippen LogP contribution in [0.2, 0.25) is 0 Å².